The van der Waals surface area contributed by atoms with Gasteiger partial charge in [0.05, 0.1) is 0 Å². The molecule has 1 atom stereocenters. The highest BCUT2D eigenvalue weighted by Gasteiger charge is 2.07. The van der Waals surface area contributed by atoms with Gasteiger partial charge >= 0.3 is 0 Å². The monoisotopic (exact) mass is 271 g/mol. The predicted octanol–water partition coefficient (Wildman–Crippen LogP) is 1.62. The molecule has 3 N–H and O–H groups in total. The molecule has 1 unspecified atom stereocenters. The summed E-state index contributed by atoms with van der Waals surface area (Å²) in [6.07, 6.45) is 1.09. The van der Waals surface area contributed by atoms with Crippen LogP contribution in [-0.2, 0) is 10.2 Å². The lowest BCUT2D eigenvalue weighted by molar-refractivity contribution is 0.571. The number of anilines is 1. The zero-order valence-electron chi connectivity index (χ0n) is 11.0. The first-order valence-electron chi connectivity index (χ1n) is 6.03. The smallest absolute Gasteiger partial charge is 0.298 e. The Hall–Kier alpha value is -1.11. The molecule has 1 aromatic carbocycles. The van der Waals surface area contributed by atoms with Gasteiger partial charge in [0, 0.05) is 18.8 Å². The van der Waals surface area contributed by atoms with Crippen LogP contribution in [0.5, 0.6) is 0 Å². The second-order valence-corrected chi connectivity index (χ2v) is 5.73. The van der Waals surface area contributed by atoms with E-state index in [-0.39, 0.29) is 6.04 Å². The van der Waals surface area contributed by atoms with E-state index in [1.165, 1.54) is 7.05 Å². The highest BCUT2D eigenvalue weighted by atomic mass is 32.2. The quantitative estimate of drug-likeness (QED) is 0.706. The minimum absolute atomic E-state index is 0.264. The van der Waals surface area contributed by atoms with Gasteiger partial charge in [0.1, 0.15) is 0 Å². The highest BCUT2D eigenvalue weighted by Crippen LogP contribution is 2.16. The van der Waals surface area contributed by atoms with Gasteiger partial charge in [-0.1, -0.05) is 19.1 Å². The van der Waals surface area contributed by atoms with Crippen molar-refractivity contribution in [2.45, 2.75) is 26.3 Å². The second kappa shape index (κ2) is 6.72. The van der Waals surface area contributed by atoms with Crippen molar-refractivity contribution in [3.05, 3.63) is 29.8 Å². The molecule has 18 heavy (non-hydrogen) atoms. The van der Waals surface area contributed by atoms with Crippen LogP contribution in [-0.4, -0.2) is 22.0 Å². The standard InChI is InChI=1S/C12H21N3O2S/c1-4-9-14-10(2)11-5-7-12(8-6-11)15-18(16,17)13-3/h5-8,10,13-15H,4,9H2,1-3H3. The van der Waals surface area contributed by atoms with Crippen molar-refractivity contribution in [1.29, 1.82) is 0 Å². The Morgan fingerprint density at radius 1 is 1.22 bits per heavy atom. The summed E-state index contributed by atoms with van der Waals surface area (Å²) in [6.45, 7) is 5.17. The fraction of sp³-hybridized carbons (Fsp3) is 0.500. The van der Waals surface area contributed by atoms with Gasteiger partial charge in [0.25, 0.3) is 10.2 Å². The first-order valence-corrected chi connectivity index (χ1v) is 7.51. The molecule has 0 amide bonds. The van der Waals surface area contributed by atoms with Crippen LogP contribution in [0.1, 0.15) is 31.9 Å². The van der Waals surface area contributed by atoms with Crippen molar-refractivity contribution in [3.63, 3.8) is 0 Å². The molecule has 0 fully saturated rings. The van der Waals surface area contributed by atoms with E-state index in [0.29, 0.717) is 5.69 Å². The predicted molar refractivity (Wildman–Crippen MR) is 74.8 cm³/mol. The summed E-state index contributed by atoms with van der Waals surface area (Å²) in [6, 6.07) is 7.62. The molecular formula is C12H21N3O2S. The van der Waals surface area contributed by atoms with Crippen LogP contribution in [0.2, 0.25) is 0 Å². The van der Waals surface area contributed by atoms with Gasteiger partial charge in [-0.25, -0.2) is 4.72 Å². The number of hydrogen-bond donors (Lipinski definition) is 3. The molecule has 1 aromatic rings. The number of hydrogen-bond acceptors (Lipinski definition) is 3. The van der Waals surface area contributed by atoms with Crippen molar-refractivity contribution < 1.29 is 8.42 Å². The SMILES string of the molecule is CCCNC(C)c1ccc(NS(=O)(=O)NC)cc1. The van der Waals surface area contributed by atoms with Crippen molar-refractivity contribution >= 4 is 15.9 Å². The number of benzene rings is 1. The zero-order chi connectivity index (χ0) is 13.6. The van der Waals surface area contributed by atoms with E-state index >= 15 is 0 Å². The van der Waals surface area contributed by atoms with Crippen LogP contribution in [0.25, 0.3) is 0 Å². The lowest BCUT2D eigenvalue weighted by Gasteiger charge is -2.14. The largest absolute Gasteiger partial charge is 0.310 e. The fourth-order valence-electron chi connectivity index (χ4n) is 1.52. The number of nitrogens with one attached hydrogen (secondary N) is 3. The average molecular weight is 271 g/mol. The van der Waals surface area contributed by atoms with Crippen molar-refractivity contribution in [1.82, 2.24) is 10.0 Å². The molecule has 1 rings (SSSR count). The van der Waals surface area contributed by atoms with Crippen molar-refractivity contribution in [2.24, 2.45) is 0 Å². The highest BCUT2D eigenvalue weighted by molar-refractivity contribution is 7.90. The summed E-state index contributed by atoms with van der Waals surface area (Å²) in [7, 11) is -2.07. The minimum Gasteiger partial charge on any atom is -0.310 e. The van der Waals surface area contributed by atoms with E-state index < -0.39 is 10.2 Å². The third-order valence-electron chi connectivity index (χ3n) is 2.63. The second-order valence-electron chi connectivity index (χ2n) is 4.11. The van der Waals surface area contributed by atoms with Gasteiger partial charge in [0.15, 0.2) is 0 Å². The summed E-state index contributed by atoms with van der Waals surface area (Å²) < 4.78 is 27.2. The Morgan fingerprint density at radius 3 is 2.33 bits per heavy atom. The lowest BCUT2D eigenvalue weighted by atomic mass is 10.1. The maximum absolute atomic E-state index is 11.3. The Labute approximate surface area is 109 Å². The van der Waals surface area contributed by atoms with E-state index in [2.05, 4.69) is 28.6 Å². The Balaban J connectivity index is 2.68. The summed E-state index contributed by atoms with van der Waals surface area (Å²) in [4.78, 5) is 0. The molecule has 0 aromatic heterocycles. The normalized spacial score (nSPS) is 13.3. The molecule has 0 saturated carbocycles. The molecule has 0 radical (unpaired) electrons. The lowest BCUT2D eigenvalue weighted by Crippen LogP contribution is -2.26. The maximum atomic E-state index is 11.3. The van der Waals surface area contributed by atoms with Crippen LogP contribution >= 0.6 is 0 Å². The van der Waals surface area contributed by atoms with E-state index in [0.717, 1.165) is 18.5 Å². The molecule has 0 aliphatic rings. The fourth-order valence-corrected chi connectivity index (χ4v) is 2.07. The number of rotatable bonds is 7. The summed E-state index contributed by atoms with van der Waals surface area (Å²) >= 11 is 0. The molecule has 0 bridgehead atoms. The summed E-state index contributed by atoms with van der Waals surface area (Å²) in [5, 5.41) is 3.38. The van der Waals surface area contributed by atoms with Crippen LogP contribution < -0.4 is 14.8 Å². The molecule has 0 saturated heterocycles. The molecule has 0 aliphatic heterocycles. The van der Waals surface area contributed by atoms with E-state index in [4.69, 9.17) is 0 Å². The Kier molecular flexibility index (Phi) is 5.58. The first kappa shape index (κ1) is 14.9. The third-order valence-corrected chi connectivity index (χ3v) is 3.67. The third kappa shape index (κ3) is 4.64. The van der Waals surface area contributed by atoms with Gasteiger partial charge < -0.3 is 5.32 Å². The summed E-state index contributed by atoms with van der Waals surface area (Å²) in [5.74, 6) is 0. The average Bonchev–Trinajstić information content (AvgIpc) is 2.36. The maximum Gasteiger partial charge on any atom is 0.298 e. The van der Waals surface area contributed by atoms with E-state index in [1.54, 1.807) is 12.1 Å². The van der Waals surface area contributed by atoms with E-state index in [1.807, 2.05) is 12.1 Å². The van der Waals surface area contributed by atoms with Crippen LogP contribution in [0.4, 0.5) is 5.69 Å². The molecule has 6 heteroatoms. The molecule has 0 aliphatic carbocycles. The van der Waals surface area contributed by atoms with Gasteiger partial charge in [-0.15, -0.1) is 0 Å². The van der Waals surface area contributed by atoms with Gasteiger partial charge in [-0.2, -0.15) is 8.42 Å². The van der Waals surface area contributed by atoms with Gasteiger partial charge in [-0.05, 0) is 37.6 Å². The van der Waals surface area contributed by atoms with Gasteiger partial charge in [-0.3, -0.25) is 4.72 Å². The van der Waals surface area contributed by atoms with Gasteiger partial charge in [0.2, 0.25) is 0 Å². The van der Waals surface area contributed by atoms with Crippen molar-refractivity contribution in [2.75, 3.05) is 18.3 Å². The first-order chi connectivity index (χ1) is 8.48. The molecular weight excluding hydrogens is 250 g/mol. The van der Waals surface area contributed by atoms with Crippen molar-refractivity contribution in [3.8, 4) is 0 Å². The van der Waals surface area contributed by atoms with Crippen LogP contribution in [0, 0.1) is 0 Å². The molecule has 0 heterocycles. The zero-order valence-corrected chi connectivity index (χ0v) is 11.8. The van der Waals surface area contributed by atoms with Crippen LogP contribution in [0.3, 0.4) is 0 Å². The molecule has 0 spiro atoms. The molecule has 5 nitrogen and oxygen atoms in total. The molecule has 102 valence electrons. The Bertz CT molecular complexity index is 457. The van der Waals surface area contributed by atoms with Crippen LogP contribution in [0.15, 0.2) is 24.3 Å². The Morgan fingerprint density at radius 2 is 1.83 bits per heavy atom. The minimum atomic E-state index is -3.44. The van der Waals surface area contributed by atoms with E-state index in [9.17, 15) is 8.42 Å². The topological polar surface area (TPSA) is 70.2 Å². The summed E-state index contributed by atoms with van der Waals surface area (Å²) in [5.41, 5.74) is 1.69.